The number of amides is 2. The van der Waals surface area contributed by atoms with Crippen molar-refractivity contribution in [3.05, 3.63) is 59.9 Å². The smallest absolute Gasteiger partial charge is 0.244 e. The molecule has 2 amide bonds. The van der Waals surface area contributed by atoms with Crippen LogP contribution in [-0.2, 0) is 26.2 Å². The summed E-state index contributed by atoms with van der Waals surface area (Å²) in [6.45, 7) is 1.27. The minimum atomic E-state index is -3.81. The van der Waals surface area contributed by atoms with E-state index < -0.39 is 34.3 Å². The molecular formula is C22H28FN3O5S. The molecule has 2 rings (SSSR count). The summed E-state index contributed by atoms with van der Waals surface area (Å²) in [6, 6.07) is 11.0. The van der Waals surface area contributed by atoms with Crippen LogP contribution in [0.4, 0.5) is 10.1 Å². The minimum Gasteiger partial charge on any atom is -0.497 e. The van der Waals surface area contributed by atoms with Gasteiger partial charge < -0.3 is 15.0 Å². The van der Waals surface area contributed by atoms with E-state index in [1.807, 2.05) is 0 Å². The molecule has 0 radical (unpaired) electrons. The number of likely N-dealkylation sites (N-methyl/N-ethyl adjacent to an activating group) is 1. The molecule has 2 aromatic rings. The number of hydrogen-bond donors (Lipinski definition) is 1. The summed E-state index contributed by atoms with van der Waals surface area (Å²) in [5.74, 6) is -0.825. The standard InChI is InChI=1S/C22H28FN3O5S/c1-5-20(22(28)24-2)25(14-16-6-8-17(23)9-7-16)21(27)15-26(32(4,29)30)18-10-12-19(31-3)13-11-18/h6-13,20H,5,14-15H2,1-4H3,(H,24,28)/t20-/m0/s1. The normalized spacial score (nSPS) is 12.0. The maximum absolute atomic E-state index is 13.3. The third kappa shape index (κ3) is 6.43. The van der Waals surface area contributed by atoms with Crippen LogP contribution >= 0.6 is 0 Å². The Balaban J connectivity index is 2.39. The predicted octanol–water partition coefficient (Wildman–Crippen LogP) is 2.15. The SMILES string of the molecule is CC[C@@H](C(=O)NC)N(Cc1ccc(F)cc1)C(=O)CN(c1ccc(OC)cc1)S(C)(=O)=O. The van der Waals surface area contributed by atoms with Gasteiger partial charge in [-0.1, -0.05) is 19.1 Å². The molecule has 0 aliphatic carbocycles. The molecule has 0 fully saturated rings. The fourth-order valence-electron chi connectivity index (χ4n) is 3.23. The number of rotatable bonds is 10. The Morgan fingerprint density at radius 2 is 1.69 bits per heavy atom. The molecule has 0 bridgehead atoms. The van der Waals surface area contributed by atoms with Crippen molar-refractivity contribution >= 4 is 27.5 Å². The van der Waals surface area contributed by atoms with E-state index >= 15 is 0 Å². The average Bonchev–Trinajstić information content (AvgIpc) is 2.77. The first-order chi connectivity index (χ1) is 15.1. The second-order valence-electron chi connectivity index (χ2n) is 7.15. The van der Waals surface area contributed by atoms with Crippen molar-refractivity contribution in [3.63, 3.8) is 0 Å². The maximum atomic E-state index is 13.3. The zero-order valence-electron chi connectivity index (χ0n) is 18.5. The lowest BCUT2D eigenvalue weighted by atomic mass is 10.1. The van der Waals surface area contributed by atoms with Gasteiger partial charge in [0, 0.05) is 13.6 Å². The lowest BCUT2D eigenvalue weighted by molar-refractivity contribution is -0.140. The lowest BCUT2D eigenvalue weighted by Crippen LogP contribution is -2.51. The summed E-state index contributed by atoms with van der Waals surface area (Å²) in [5.41, 5.74) is 0.897. The number of carbonyl (C=O) groups is 2. The van der Waals surface area contributed by atoms with Crippen molar-refractivity contribution < 1.29 is 27.1 Å². The number of halogens is 1. The van der Waals surface area contributed by atoms with Gasteiger partial charge in [-0.25, -0.2) is 12.8 Å². The Labute approximate surface area is 188 Å². The van der Waals surface area contributed by atoms with Gasteiger partial charge in [-0.2, -0.15) is 0 Å². The van der Waals surface area contributed by atoms with Crippen molar-refractivity contribution in [1.29, 1.82) is 0 Å². The second kappa shape index (κ2) is 10.9. The topological polar surface area (TPSA) is 96.0 Å². The van der Waals surface area contributed by atoms with Gasteiger partial charge in [-0.05, 0) is 48.4 Å². The van der Waals surface area contributed by atoms with Crippen LogP contribution in [0, 0.1) is 5.82 Å². The van der Waals surface area contributed by atoms with Crippen LogP contribution in [0.15, 0.2) is 48.5 Å². The second-order valence-corrected chi connectivity index (χ2v) is 9.06. The Hall–Kier alpha value is -3.14. The molecule has 0 saturated carbocycles. The molecule has 10 heteroatoms. The molecule has 32 heavy (non-hydrogen) atoms. The zero-order valence-corrected chi connectivity index (χ0v) is 19.4. The highest BCUT2D eigenvalue weighted by Crippen LogP contribution is 2.22. The van der Waals surface area contributed by atoms with Crippen molar-refractivity contribution in [1.82, 2.24) is 10.2 Å². The van der Waals surface area contributed by atoms with E-state index in [0.29, 0.717) is 17.7 Å². The van der Waals surface area contributed by atoms with Crippen LogP contribution in [-0.4, -0.2) is 58.1 Å². The average molecular weight is 466 g/mol. The van der Waals surface area contributed by atoms with Gasteiger partial charge in [0.25, 0.3) is 0 Å². The first-order valence-corrected chi connectivity index (χ1v) is 11.8. The molecule has 2 aromatic carbocycles. The van der Waals surface area contributed by atoms with E-state index in [-0.39, 0.29) is 18.1 Å². The fourth-order valence-corrected chi connectivity index (χ4v) is 4.08. The minimum absolute atomic E-state index is 0.0191. The van der Waals surface area contributed by atoms with E-state index in [9.17, 15) is 22.4 Å². The first kappa shape index (κ1) is 25.1. The van der Waals surface area contributed by atoms with Gasteiger partial charge in [0.1, 0.15) is 24.2 Å². The van der Waals surface area contributed by atoms with Gasteiger partial charge in [0.05, 0.1) is 19.1 Å². The number of methoxy groups -OCH3 is 1. The molecule has 0 unspecified atom stereocenters. The van der Waals surface area contributed by atoms with E-state index in [1.165, 1.54) is 55.5 Å². The van der Waals surface area contributed by atoms with Crippen LogP contribution in [0.3, 0.4) is 0 Å². The highest BCUT2D eigenvalue weighted by molar-refractivity contribution is 7.92. The fraction of sp³-hybridized carbons (Fsp3) is 0.364. The van der Waals surface area contributed by atoms with Crippen LogP contribution in [0.5, 0.6) is 5.75 Å². The summed E-state index contributed by atoms with van der Waals surface area (Å²) in [6.07, 6.45) is 1.32. The van der Waals surface area contributed by atoms with Gasteiger partial charge in [0.2, 0.25) is 21.8 Å². The summed E-state index contributed by atoms with van der Waals surface area (Å²) in [4.78, 5) is 27.1. The largest absolute Gasteiger partial charge is 0.497 e. The molecule has 8 nitrogen and oxygen atoms in total. The van der Waals surface area contributed by atoms with Gasteiger partial charge in [-0.3, -0.25) is 13.9 Å². The predicted molar refractivity (Wildman–Crippen MR) is 120 cm³/mol. The molecule has 1 atom stereocenters. The summed E-state index contributed by atoms with van der Waals surface area (Å²) >= 11 is 0. The van der Waals surface area contributed by atoms with Gasteiger partial charge in [-0.15, -0.1) is 0 Å². The Bertz CT molecular complexity index is 1030. The highest BCUT2D eigenvalue weighted by atomic mass is 32.2. The molecule has 0 saturated heterocycles. The Morgan fingerprint density at radius 3 is 2.16 bits per heavy atom. The van der Waals surface area contributed by atoms with E-state index in [0.717, 1.165) is 10.6 Å². The summed E-state index contributed by atoms with van der Waals surface area (Å²) in [7, 11) is -0.854. The monoisotopic (exact) mass is 465 g/mol. The van der Waals surface area contributed by atoms with E-state index in [4.69, 9.17) is 4.74 Å². The zero-order chi connectivity index (χ0) is 23.9. The van der Waals surface area contributed by atoms with Crippen LogP contribution in [0.25, 0.3) is 0 Å². The first-order valence-electron chi connectivity index (χ1n) is 9.98. The lowest BCUT2D eigenvalue weighted by Gasteiger charge is -2.32. The molecule has 0 aliphatic heterocycles. The number of hydrogen-bond acceptors (Lipinski definition) is 5. The third-order valence-corrected chi connectivity index (χ3v) is 6.08. The van der Waals surface area contributed by atoms with Crippen molar-refractivity contribution in [2.75, 3.05) is 31.3 Å². The molecule has 0 aliphatic rings. The molecule has 0 heterocycles. The number of anilines is 1. The molecular weight excluding hydrogens is 437 g/mol. The van der Waals surface area contributed by atoms with E-state index in [1.54, 1.807) is 19.1 Å². The van der Waals surface area contributed by atoms with Crippen molar-refractivity contribution in [2.24, 2.45) is 0 Å². The van der Waals surface area contributed by atoms with Gasteiger partial charge in [0.15, 0.2) is 0 Å². The van der Waals surface area contributed by atoms with Crippen molar-refractivity contribution in [3.8, 4) is 5.75 Å². The highest BCUT2D eigenvalue weighted by Gasteiger charge is 2.31. The maximum Gasteiger partial charge on any atom is 0.244 e. The Morgan fingerprint density at radius 1 is 1.09 bits per heavy atom. The molecule has 174 valence electrons. The number of ether oxygens (including phenoxy) is 1. The summed E-state index contributed by atoms with van der Waals surface area (Å²) < 4.78 is 44.3. The number of nitrogens with zero attached hydrogens (tertiary/aromatic N) is 2. The van der Waals surface area contributed by atoms with Crippen molar-refractivity contribution in [2.45, 2.75) is 25.9 Å². The molecule has 1 N–H and O–H groups in total. The van der Waals surface area contributed by atoms with Crippen LogP contribution < -0.4 is 14.4 Å². The molecule has 0 aromatic heterocycles. The van der Waals surface area contributed by atoms with E-state index in [2.05, 4.69) is 5.32 Å². The number of benzene rings is 2. The molecule has 0 spiro atoms. The van der Waals surface area contributed by atoms with Crippen LogP contribution in [0.1, 0.15) is 18.9 Å². The Kier molecular flexibility index (Phi) is 8.59. The summed E-state index contributed by atoms with van der Waals surface area (Å²) in [5, 5.41) is 2.54. The number of sulfonamides is 1. The third-order valence-electron chi connectivity index (χ3n) is 4.94. The van der Waals surface area contributed by atoms with Gasteiger partial charge >= 0.3 is 0 Å². The van der Waals surface area contributed by atoms with Crippen LogP contribution in [0.2, 0.25) is 0 Å². The number of nitrogens with one attached hydrogen (secondary N) is 1. The quantitative estimate of drug-likeness (QED) is 0.580. The number of carbonyl (C=O) groups excluding carboxylic acids is 2.